The zero-order valence-electron chi connectivity index (χ0n) is 11.7. The van der Waals surface area contributed by atoms with Gasteiger partial charge in [-0.2, -0.15) is 0 Å². The number of nitrogens with one attached hydrogen (secondary N) is 1. The number of aromatic amines is 1. The Kier molecular flexibility index (Phi) is 5.13. The molecule has 4 atom stereocenters. The molecule has 23 heavy (non-hydrogen) atoms. The maximum Gasteiger partial charge on any atom is 0.330 e. The third-order valence-corrected chi connectivity index (χ3v) is 3.29. The van der Waals surface area contributed by atoms with E-state index < -0.39 is 42.1 Å². The number of alkyl halides is 1. The van der Waals surface area contributed by atoms with E-state index in [-0.39, 0.29) is 13.2 Å². The van der Waals surface area contributed by atoms with Crippen molar-refractivity contribution in [2.75, 3.05) is 19.8 Å². The average Bonchev–Trinajstić information content (AvgIpc) is 2.77. The molecule has 1 aliphatic heterocycles. The first kappa shape index (κ1) is 17.1. The van der Waals surface area contributed by atoms with Gasteiger partial charge in [0.2, 0.25) is 5.79 Å². The molecule has 2 heterocycles. The van der Waals surface area contributed by atoms with Crippen molar-refractivity contribution in [1.82, 2.24) is 9.55 Å². The van der Waals surface area contributed by atoms with Crippen LogP contribution in [-0.4, -0.2) is 57.6 Å². The summed E-state index contributed by atoms with van der Waals surface area (Å²) in [6.45, 7) is -1.28. The fraction of sp³-hybridized carbons (Fsp3) is 0.636. The molecule has 1 fully saturated rings. The number of rotatable bonds is 6. The number of azide groups is 1. The Hall–Kier alpha value is -2.24. The van der Waals surface area contributed by atoms with Crippen LogP contribution >= 0.6 is 0 Å². The quantitative estimate of drug-likeness (QED) is 0.256. The third kappa shape index (κ3) is 3.25. The van der Waals surface area contributed by atoms with Crippen LogP contribution in [0.3, 0.4) is 0 Å². The predicted octanol–water partition coefficient (Wildman–Crippen LogP) is -1.22. The first-order valence-electron chi connectivity index (χ1n) is 6.52. The molecule has 0 unspecified atom stereocenters. The topological polar surface area (TPSA) is 163 Å². The van der Waals surface area contributed by atoms with Gasteiger partial charge < -0.3 is 19.7 Å². The number of H-pyrrole nitrogens is 1. The van der Waals surface area contributed by atoms with E-state index in [1.165, 1.54) is 0 Å². The Morgan fingerprint density at radius 2 is 2.35 bits per heavy atom. The van der Waals surface area contributed by atoms with Gasteiger partial charge in [0.1, 0.15) is 12.7 Å². The van der Waals surface area contributed by atoms with Crippen molar-refractivity contribution in [2.45, 2.75) is 24.3 Å². The van der Waals surface area contributed by atoms with Gasteiger partial charge in [0.15, 0.2) is 12.4 Å². The normalized spacial score (nSPS) is 30.1. The van der Waals surface area contributed by atoms with Gasteiger partial charge >= 0.3 is 5.69 Å². The second-order valence-corrected chi connectivity index (χ2v) is 4.69. The molecule has 1 saturated heterocycles. The number of aliphatic hydroxyl groups is 2. The number of aromatic nitrogens is 2. The molecule has 0 saturated carbocycles. The van der Waals surface area contributed by atoms with Gasteiger partial charge in [-0.15, -0.1) is 0 Å². The average molecular weight is 331 g/mol. The summed E-state index contributed by atoms with van der Waals surface area (Å²) in [7, 11) is 0. The summed E-state index contributed by atoms with van der Waals surface area (Å²) in [5.41, 5.74) is 6.54. The lowest BCUT2D eigenvalue weighted by molar-refractivity contribution is -0.280. The first-order valence-corrected chi connectivity index (χ1v) is 6.52. The molecule has 0 spiro atoms. The van der Waals surface area contributed by atoms with Crippen molar-refractivity contribution in [3.05, 3.63) is 43.5 Å². The maximum absolute atomic E-state index is 14.3. The molecule has 2 rings (SSSR count). The van der Waals surface area contributed by atoms with Gasteiger partial charge in [-0.25, -0.2) is 9.18 Å². The minimum absolute atomic E-state index is 0.130. The van der Waals surface area contributed by atoms with Gasteiger partial charge in [-0.1, -0.05) is 5.11 Å². The van der Waals surface area contributed by atoms with Crippen LogP contribution < -0.4 is 11.2 Å². The van der Waals surface area contributed by atoms with E-state index in [0.717, 1.165) is 16.8 Å². The van der Waals surface area contributed by atoms with Crippen LogP contribution in [0.4, 0.5) is 4.39 Å². The van der Waals surface area contributed by atoms with E-state index in [9.17, 15) is 24.2 Å². The lowest BCUT2D eigenvalue weighted by atomic mass is 10.1. The molecule has 0 amide bonds. The van der Waals surface area contributed by atoms with E-state index in [1.54, 1.807) is 0 Å². The molecular formula is C11H14FN5O6. The molecule has 1 aliphatic rings. The van der Waals surface area contributed by atoms with Gasteiger partial charge in [0, 0.05) is 23.7 Å². The summed E-state index contributed by atoms with van der Waals surface area (Å²) in [4.78, 5) is 27.1. The highest BCUT2D eigenvalue weighted by atomic mass is 19.1. The van der Waals surface area contributed by atoms with Gasteiger partial charge in [0.25, 0.3) is 5.56 Å². The van der Waals surface area contributed by atoms with Gasteiger partial charge in [-0.3, -0.25) is 14.3 Å². The van der Waals surface area contributed by atoms with Crippen LogP contribution in [-0.2, 0) is 9.47 Å². The summed E-state index contributed by atoms with van der Waals surface area (Å²) in [5.74, 6) is -2.12. The zero-order chi connectivity index (χ0) is 17.0. The Labute approximate surface area is 127 Å². The van der Waals surface area contributed by atoms with E-state index in [4.69, 9.17) is 15.0 Å². The SMILES string of the molecule is [N-]=[N+]=NCCO[C@]1(CO)O[C@@H](n2ccc(=O)[nH]c2=O)[C@@H](F)[C@@H]1O. The Morgan fingerprint density at radius 1 is 1.61 bits per heavy atom. The number of nitrogens with zero attached hydrogens (tertiary/aromatic N) is 4. The van der Waals surface area contributed by atoms with Crippen LogP contribution in [0.2, 0.25) is 0 Å². The molecule has 0 aliphatic carbocycles. The molecule has 0 radical (unpaired) electrons. The molecule has 3 N–H and O–H groups in total. The Bertz CT molecular complexity index is 715. The minimum Gasteiger partial charge on any atom is -0.391 e. The largest absolute Gasteiger partial charge is 0.391 e. The van der Waals surface area contributed by atoms with Crippen molar-refractivity contribution in [2.24, 2.45) is 5.11 Å². The number of halogens is 1. The van der Waals surface area contributed by atoms with E-state index in [1.807, 2.05) is 4.98 Å². The van der Waals surface area contributed by atoms with E-state index >= 15 is 0 Å². The predicted molar refractivity (Wildman–Crippen MR) is 72.1 cm³/mol. The fourth-order valence-corrected chi connectivity index (χ4v) is 2.18. The summed E-state index contributed by atoms with van der Waals surface area (Å²) >= 11 is 0. The first-order chi connectivity index (χ1) is 10.9. The van der Waals surface area contributed by atoms with Crippen molar-refractivity contribution in [3.8, 4) is 0 Å². The number of ether oxygens (including phenoxy) is 2. The second-order valence-electron chi connectivity index (χ2n) is 4.69. The van der Waals surface area contributed by atoms with E-state index in [0.29, 0.717) is 0 Å². The molecule has 12 heteroatoms. The third-order valence-electron chi connectivity index (χ3n) is 3.29. The number of aliphatic hydroxyl groups excluding tert-OH is 2. The second kappa shape index (κ2) is 6.89. The molecule has 11 nitrogen and oxygen atoms in total. The molecule has 0 bridgehead atoms. The Morgan fingerprint density at radius 3 is 2.96 bits per heavy atom. The minimum atomic E-state index is -2.12. The van der Waals surface area contributed by atoms with Crippen LogP contribution in [0.1, 0.15) is 6.23 Å². The molecule has 126 valence electrons. The van der Waals surface area contributed by atoms with Gasteiger partial charge in [0.05, 0.1) is 6.61 Å². The Balaban J connectivity index is 2.26. The molecular weight excluding hydrogens is 317 g/mol. The summed E-state index contributed by atoms with van der Waals surface area (Å²) < 4.78 is 25.4. The van der Waals surface area contributed by atoms with Crippen LogP contribution in [0.5, 0.6) is 0 Å². The van der Waals surface area contributed by atoms with Crippen LogP contribution in [0, 0.1) is 0 Å². The van der Waals surface area contributed by atoms with Crippen molar-refractivity contribution in [3.63, 3.8) is 0 Å². The summed E-state index contributed by atoms with van der Waals surface area (Å²) in [6, 6.07) is 0.977. The molecule has 1 aromatic heterocycles. The lowest BCUT2D eigenvalue weighted by Crippen LogP contribution is -2.48. The number of hydrogen-bond donors (Lipinski definition) is 3. The highest BCUT2D eigenvalue weighted by Gasteiger charge is 2.57. The van der Waals surface area contributed by atoms with Crippen molar-refractivity contribution >= 4 is 0 Å². The standard InChI is InChI=1S/C11H14FN5O6/c12-7-8(20)11(5-18,22-4-2-14-16-13)23-9(7)17-3-1-6(19)15-10(17)21/h1,3,7-9,18,20H,2,4-5H2,(H,15,19,21)/t7-,8-,9+,11+/m0/s1. The summed E-state index contributed by atoms with van der Waals surface area (Å²) in [6.07, 6.45) is -4.62. The maximum atomic E-state index is 14.3. The number of hydrogen-bond acceptors (Lipinski definition) is 7. The lowest BCUT2D eigenvalue weighted by Gasteiger charge is -2.29. The monoisotopic (exact) mass is 331 g/mol. The van der Waals surface area contributed by atoms with Crippen LogP contribution in [0.25, 0.3) is 10.4 Å². The fourth-order valence-electron chi connectivity index (χ4n) is 2.18. The van der Waals surface area contributed by atoms with Crippen molar-refractivity contribution in [1.29, 1.82) is 0 Å². The summed E-state index contributed by atoms with van der Waals surface area (Å²) in [5, 5.41) is 22.6. The highest BCUT2D eigenvalue weighted by molar-refractivity contribution is 4.97. The molecule has 1 aromatic rings. The van der Waals surface area contributed by atoms with Gasteiger partial charge in [-0.05, 0) is 5.53 Å². The van der Waals surface area contributed by atoms with E-state index in [2.05, 4.69) is 10.0 Å². The highest BCUT2D eigenvalue weighted by Crippen LogP contribution is 2.39. The smallest absolute Gasteiger partial charge is 0.330 e. The zero-order valence-corrected chi connectivity index (χ0v) is 11.7. The van der Waals surface area contributed by atoms with Crippen molar-refractivity contribution < 1.29 is 24.1 Å². The molecule has 0 aromatic carbocycles. The van der Waals surface area contributed by atoms with Crippen LogP contribution in [0.15, 0.2) is 27.0 Å².